The molecule has 7 N–H and O–H groups in total. The van der Waals surface area contributed by atoms with Crippen molar-refractivity contribution in [3.05, 3.63) is 47.9 Å². The van der Waals surface area contributed by atoms with Gasteiger partial charge in [0.2, 0.25) is 15.7 Å². The van der Waals surface area contributed by atoms with Gasteiger partial charge in [0.15, 0.2) is 5.96 Å². The summed E-state index contributed by atoms with van der Waals surface area (Å²) in [4.78, 5) is 37.5. The molecule has 0 aliphatic heterocycles. The van der Waals surface area contributed by atoms with E-state index in [0.717, 1.165) is 0 Å². The van der Waals surface area contributed by atoms with Crippen LogP contribution in [0.1, 0.15) is 30.9 Å². The van der Waals surface area contributed by atoms with Crippen LogP contribution in [0, 0.1) is 5.41 Å². The number of carbonyl (C=O) groups excluding carboxylic acids is 2. The lowest BCUT2D eigenvalue weighted by Gasteiger charge is -2.25. The Labute approximate surface area is 203 Å². The van der Waals surface area contributed by atoms with Crippen molar-refractivity contribution in [2.45, 2.75) is 37.4 Å². The normalized spacial score (nSPS) is 13.8. The van der Waals surface area contributed by atoms with Crippen LogP contribution in [0.25, 0.3) is 0 Å². The summed E-state index contributed by atoms with van der Waals surface area (Å²) in [5.74, 6) is -1.77. The molecule has 0 fully saturated rings. The summed E-state index contributed by atoms with van der Waals surface area (Å²) in [6.07, 6.45) is 2.30. The summed E-state index contributed by atoms with van der Waals surface area (Å²) < 4.78 is 24.0. The number of hydrogen-bond donors (Lipinski definition) is 6. The molecule has 0 aliphatic rings. The SMILES string of the molecule is C=CS(=O)(=O)C(=O)[C@H](CCSC)NC(=O)[C@H](CCCNC(=N)N)NC(C(=O)O)c1ccccc1. The highest BCUT2D eigenvalue weighted by atomic mass is 32.2. The zero-order valence-corrected chi connectivity index (χ0v) is 20.5. The van der Waals surface area contributed by atoms with Crippen molar-refractivity contribution in [3.63, 3.8) is 0 Å². The number of rotatable bonds is 15. The summed E-state index contributed by atoms with van der Waals surface area (Å²) in [6.45, 7) is 3.40. The van der Waals surface area contributed by atoms with Gasteiger partial charge >= 0.3 is 5.97 Å². The second-order valence-corrected chi connectivity index (χ2v) is 10.1. The summed E-state index contributed by atoms with van der Waals surface area (Å²) >= 11 is 1.37. The number of benzene rings is 1. The third-order valence-electron chi connectivity index (χ3n) is 4.76. The summed E-state index contributed by atoms with van der Waals surface area (Å²) in [7, 11) is -4.27. The number of aliphatic carboxylic acids is 1. The molecule has 1 amide bonds. The molecule has 13 heteroatoms. The molecule has 3 atom stereocenters. The average molecular weight is 514 g/mol. The maximum absolute atomic E-state index is 13.1. The van der Waals surface area contributed by atoms with Crippen molar-refractivity contribution >= 4 is 44.6 Å². The highest BCUT2D eigenvalue weighted by molar-refractivity contribution is 8.08. The minimum absolute atomic E-state index is 0.0679. The monoisotopic (exact) mass is 513 g/mol. The van der Waals surface area contributed by atoms with Crippen molar-refractivity contribution in [3.8, 4) is 0 Å². The quantitative estimate of drug-likeness (QED) is 0.108. The first-order valence-electron chi connectivity index (χ1n) is 10.4. The van der Waals surface area contributed by atoms with E-state index < -0.39 is 45.0 Å². The second-order valence-electron chi connectivity index (χ2n) is 7.26. The number of guanidine groups is 1. The molecule has 1 aromatic rings. The smallest absolute Gasteiger partial charge is 0.325 e. The van der Waals surface area contributed by atoms with Crippen LogP contribution in [0.3, 0.4) is 0 Å². The molecule has 0 saturated heterocycles. The van der Waals surface area contributed by atoms with E-state index in [1.165, 1.54) is 11.8 Å². The second kappa shape index (κ2) is 14.4. The van der Waals surface area contributed by atoms with Crippen molar-refractivity contribution in [1.82, 2.24) is 16.0 Å². The van der Waals surface area contributed by atoms with E-state index in [1.54, 1.807) is 36.6 Å². The first kappa shape index (κ1) is 29.1. The molecule has 0 aliphatic carbocycles. The van der Waals surface area contributed by atoms with Gasteiger partial charge in [-0.15, -0.1) is 0 Å². The zero-order chi connectivity index (χ0) is 25.7. The van der Waals surface area contributed by atoms with E-state index in [4.69, 9.17) is 11.1 Å². The molecule has 0 aromatic heterocycles. The van der Waals surface area contributed by atoms with Gasteiger partial charge in [-0.2, -0.15) is 11.8 Å². The van der Waals surface area contributed by atoms with E-state index >= 15 is 0 Å². The number of carboxylic acids is 1. The standard InChI is InChI=1S/C21H31N5O6S2/c1-3-34(31,32)20(30)16(11-13-33-2)26-18(27)15(10-7-12-24-21(22)23)25-17(19(28)29)14-8-5-4-6-9-14/h3-6,8-9,15-17,25H,1,7,10-13H2,2H3,(H,26,27)(H,28,29)(H4,22,23,24)/t15-,16-,17?/m0/s1. The molecule has 34 heavy (non-hydrogen) atoms. The maximum Gasteiger partial charge on any atom is 0.325 e. The molecular formula is C21H31N5O6S2. The lowest BCUT2D eigenvalue weighted by molar-refractivity contribution is -0.140. The molecule has 0 spiro atoms. The molecule has 1 rings (SSSR count). The van der Waals surface area contributed by atoms with E-state index in [1.807, 2.05) is 0 Å². The van der Waals surface area contributed by atoms with E-state index in [-0.39, 0.29) is 25.3 Å². The molecule has 0 radical (unpaired) electrons. The van der Waals surface area contributed by atoms with Gasteiger partial charge in [0.25, 0.3) is 5.12 Å². The van der Waals surface area contributed by atoms with Crippen LogP contribution >= 0.6 is 11.8 Å². The van der Waals surface area contributed by atoms with Crippen LogP contribution in [0.4, 0.5) is 0 Å². The van der Waals surface area contributed by atoms with Crippen LogP contribution in [0.2, 0.25) is 0 Å². The van der Waals surface area contributed by atoms with Gasteiger partial charge < -0.3 is 21.5 Å². The lowest BCUT2D eigenvalue weighted by atomic mass is 10.0. The number of amides is 1. The highest BCUT2D eigenvalue weighted by Gasteiger charge is 2.33. The van der Waals surface area contributed by atoms with Crippen molar-refractivity contribution in [2.75, 3.05) is 18.6 Å². The number of sulfone groups is 1. The van der Waals surface area contributed by atoms with Gasteiger partial charge in [-0.3, -0.25) is 25.1 Å². The lowest BCUT2D eigenvalue weighted by Crippen LogP contribution is -2.53. The van der Waals surface area contributed by atoms with Gasteiger partial charge in [-0.05, 0) is 36.8 Å². The van der Waals surface area contributed by atoms with Crippen LogP contribution in [0.5, 0.6) is 0 Å². The Bertz CT molecular complexity index is 971. The Morgan fingerprint density at radius 1 is 1.21 bits per heavy atom. The van der Waals surface area contributed by atoms with Crippen molar-refractivity contribution < 1.29 is 27.9 Å². The van der Waals surface area contributed by atoms with E-state index in [9.17, 15) is 27.9 Å². The summed E-state index contributed by atoms with van der Waals surface area (Å²) in [5, 5.41) is 24.2. The van der Waals surface area contributed by atoms with Crippen LogP contribution < -0.4 is 21.7 Å². The van der Waals surface area contributed by atoms with E-state index in [0.29, 0.717) is 23.1 Å². The molecule has 188 valence electrons. The first-order chi connectivity index (χ1) is 16.0. The molecule has 1 unspecified atom stereocenters. The third-order valence-corrected chi connectivity index (χ3v) is 6.69. The Morgan fingerprint density at radius 3 is 2.38 bits per heavy atom. The Balaban J connectivity index is 3.15. The number of carboxylic acid groups (broad SMARTS) is 1. The summed E-state index contributed by atoms with van der Waals surface area (Å²) in [5.41, 5.74) is 5.68. The first-order valence-corrected chi connectivity index (χ1v) is 13.3. The number of thioether (sulfide) groups is 1. The van der Waals surface area contributed by atoms with E-state index in [2.05, 4.69) is 22.5 Å². The predicted molar refractivity (Wildman–Crippen MR) is 132 cm³/mol. The predicted octanol–water partition coefficient (Wildman–Crippen LogP) is 0.357. The Morgan fingerprint density at radius 2 is 1.85 bits per heavy atom. The highest BCUT2D eigenvalue weighted by Crippen LogP contribution is 2.16. The van der Waals surface area contributed by atoms with Gasteiger partial charge in [0.1, 0.15) is 12.1 Å². The van der Waals surface area contributed by atoms with Gasteiger partial charge in [-0.25, -0.2) is 8.42 Å². The molecule has 1 aromatic carbocycles. The molecule has 0 bridgehead atoms. The molecule has 0 saturated carbocycles. The number of hydrogen-bond acceptors (Lipinski definition) is 8. The van der Waals surface area contributed by atoms with Gasteiger partial charge in [-0.1, -0.05) is 36.9 Å². The maximum atomic E-state index is 13.1. The third kappa shape index (κ3) is 9.53. The fraction of sp³-hybridized carbons (Fsp3) is 0.429. The Hall–Kier alpha value is -2.90. The zero-order valence-electron chi connectivity index (χ0n) is 18.8. The topological polar surface area (TPSA) is 192 Å². The minimum atomic E-state index is -4.27. The molecule has 11 nitrogen and oxygen atoms in total. The van der Waals surface area contributed by atoms with Crippen LogP contribution in [-0.4, -0.2) is 67.1 Å². The molecule has 0 heterocycles. The van der Waals surface area contributed by atoms with Crippen molar-refractivity contribution in [2.24, 2.45) is 5.73 Å². The number of nitrogens with one attached hydrogen (secondary N) is 4. The fourth-order valence-electron chi connectivity index (χ4n) is 3.01. The fourth-order valence-corrected chi connectivity index (χ4v) is 4.22. The molecular weight excluding hydrogens is 482 g/mol. The number of carbonyl (C=O) groups is 3. The van der Waals surface area contributed by atoms with Crippen molar-refractivity contribution in [1.29, 1.82) is 5.41 Å². The number of nitrogens with two attached hydrogens (primary N) is 1. The van der Waals surface area contributed by atoms with Gasteiger partial charge in [0.05, 0.1) is 6.04 Å². The van der Waals surface area contributed by atoms with Crippen LogP contribution in [0.15, 0.2) is 42.3 Å². The largest absolute Gasteiger partial charge is 0.480 e. The minimum Gasteiger partial charge on any atom is -0.480 e. The Kier molecular flexibility index (Phi) is 12.3. The van der Waals surface area contributed by atoms with Crippen LogP contribution in [-0.2, 0) is 24.2 Å². The summed E-state index contributed by atoms with van der Waals surface area (Å²) in [6, 6.07) is 4.62. The van der Waals surface area contributed by atoms with Gasteiger partial charge in [0, 0.05) is 12.0 Å². The average Bonchev–Trinajstić information content (AvgIpc) is 2.80.